The first-order valence-corrected chi connectivity index (χ1v) is 7.16. The quantitative estimate of drug-likeness (QED) is 0.781. The molecule has 0 radical (unpaired) electrons. The Bertz CT molecular complexity index is 705. The largest absolute Gasteiger partial charge is 0.193 e. The van der Waals surface area contributed by atoms with Gasteiger partial charge in [0.1, 0.15) is 0 Å². The predicted molar refractivity (Wildman–Crippen MR) is 74.0 cm³/mol. The summed E-state index contributed by atoms with van der Waals surface area (Å²) < 4.78 is 1.24. The van der Waals surface area contributed by atoms with Gasteiger partial charge in [-0.1, -0.05) is 30.3 Å². The smallest absolute Gasteiger partial charge is 0.0962 e. The zero-order valence-corrected chi connectivity index (χ0v) is 10.6. The lowest BCUT2D eigenvalue weighted by molar-refractivity contribution is 1.49. The Labute approximate surface area is 108 Å². The minimum Gasteiger partial charge on any atom is -0.193 e. The second-order valence-corrected chi connectivity index (χ2v) is 5.64. The van der Waals surface area contributed by atoms with Gasteiger partial charge in [0.05, 0.1) is 6.07 Å². The second kappa shape index (κ2) is 4.40. The standard InChI is InChI=1S/C14H9NS2/c15-8-11-9-17-13(10-4-2-1-3-5-10)14-12(11)6-7-16-14/h1-7H,9H2. The first-order chi connectivity index (χ1) is 8.40. The number of nitriles is 1. The minimum atomic E-state index is 0.782. The number of rotatable bonds is 1. The van der Waals surface area contributed by atoms with Crippen LogP contribution in [0, 0.1) is 11.3 Å². The van der Waals surface area contributed by atoms with Gasteiger partial charge in [0.25, 0.3) is 0 Å². The molecule has 1 aromatic heterocycles. The Hall–Kier alpha value is -1.50. The highest BCUT2D eigenvalue weighted by Crippen LogP contribution is 2.28. The summed E-state index contributed by atoms with van der Waals surface area (Å²) in [5.74, 6) is 0.782. The molecule has 0 atom stereocenters. The number of fused-ring (bicyclic) bond motifs is 1. The zero-order chi connectivity index (χ0) is 11.7. The van der Waals surface area contributed by atoms with Crippen LogP contribution < -0.4 is 9.75 Å². The molecule has 0 spiro atoms. The van der Waals surface area contributed by atoms with E-state index in [9.17, 15) is 0 Å². The monoisotopic (exact) mass is 255 g/mol. The number of hydrogen-bond acceptors (Lipinski definition) is 3. The molecular weight excluding hydrogens is 246 g/mol. The first kappa shape index (κ1) is 10.6. The van der Waals surface area contributed by atoms with Gasteiger partial charge in [-0.25, -0.2) is 0 Å². The van der Waals surface area contributed by atoms with Crippen molar-refractivity contribution in [3.63, 3.8) is 0 Å². The average molecular weight is 255 g/mol. The van der Waals surface area contributed by atoms with E-state index in [1.165, 1.54) is 15.0 Å². The Morgan fingerprint density at radius 1 is 1.12 bits per heavy atom. The fourth-order valence-electron chi connectivity index (χ4n) is 1.91. The molecule has 0 unspecified atom stereocenters. The van der Waals surface area contributed by atoms with E-state index in [0.29, 0.717) is 0 Å². The molecule has 1 aliphatic rings. The number of nitrogens with zero attached hydrogens (tertiary/aromatic N) is 1. The molecule has 82 valence electrons. The van der Waals surface area contributed by atoms with Crippen LogP contribution in [0.5, 0.6) is 0 Å². The van der Waals surface area contributed by atoms with Crippen molar-refractivity contribution in [3.8, 4) is 6.07 Å². The van der Waals surface area contributed by atoms with E-state index in [-0.39, 0.29) is 0 Å². The predicted octanol–water partition coefficient (Wildman–Crippen LogP) is 2.33. The maximum atomic E-state index is 9.11. The van der Waals surface area contributed by atoms with Crippen molar-refractivity contribution in [3.05, 3.63) is 57.1 Å². The van der Waals surface area contributed by atoms with Crippen molar-refractivity contribution in [2.75, 3.05) is 5.75 Å². The van der Waals surface area contributed by atoms with Gasteiger partial charge in [0, 0.05) is 26.0 Å². The summed E-state index contributed by atoms with van der Waals surface area (Å²) in [7, 11) is 0. The molecule has 0 bridgehead atoms. The van der Waals surface area contributed by atoms with Gasteiger partial charge in [-0.05, 0) is 17.0 Å². The summed E-state index contributed by atoms with van der Waals surface area (Å²) in [5.41, 5.74) is 2.14. The van der Waals surface area contributed by atoms with Gasteiger partial charge in [0.2, 0.25) is 0 Å². The topological polar surface area (TPSA) is 23.8 Å². The summed E-state index contributed by atoms with van der Waals surface area (Å²) in [4.78, 5) is 1.30. The lowest BCUT2D eigenvalue weighted by Crippen LogP contribution is -2.27. The van der Waals surface area contributed by atoms with Crippen molar-refractivity contribution >= 4 is 33.6 Å². The number of thiophene rings is 1. The minimum absolute atomic E-state index is 0.782. The zero-order valence-electron chi connectivity index (χ0n) is 9.01. The third-order valence-corrected chi connectivity index (χ3v) is 4.95. The number of hydrogen-bond donors (Lipinski definition) is 0. The van der Waals surface area contributed by atoms with Gasteiger partial charge in [-0.2, -0.15) is 5.26 Å². The molecule has 3 heteroatoms. The molecule has 1 aromatic carbocycles. The van der Waals surface area contributed by atoms with Gasteiger partial charge < -0.3 is 0 Å². The highest BCUT2D eigenvalue weighted by Gasteiger charge is 2.13. The van der Waals surface area contributed by atoms with Gasteiger partial charge in [0.15, 0.2) is 0 Å². The summed E-state index contributed by atoms with van der Waals surface area (Å²) in [6.45, 7) is 0. The molecular formula is C14H9NS2. The molecule has 17 heavy (non-hydrogen) atoms. The molecule has 0 aliphatic carbocycles. The first-order valence-electron chi connectivity index (χ1n) is 5.29. The van der Waals surface area contributed by atoms with E-state index in [1.807, 2.05) is 6.07 Å². The van der Waals surface area contributed by atoms with Crippen LogP contribution in [0.3, 0.4) is 0 Å². The van der Waals surface area contributed by atoms with Gasteiger partial charge >= 0.3 is 0 Å². The third-order valence-electron chi connectivity index (χ3n) is 2.73. The summed E-state index contributed by atoms with van der Waals surface area (Å²) >= 11 is 3.48. The maximum absolute atomic E-state index is 9.11. The van der Waals surface area contributed by atoms with Crippen LogP contribution in [-0.2, 0) is 0 Å². The Balaban J connectivity index is 2.36. The summed E-state index contributed by atoms with van der Waals surface area (Å²) in [5, 5.41) is 12.3. The molecule has 1 aliphatic heterocycles. The van der Waals surface area contributed by atoms with Crippen LogP contribution in [0.4, 0.5) is 0 Å². The molecule has 3 rings (SSSR count). The average Bonchev–Trinajstić information content (AvgIpc) is 2.88. The molecule has 0 saturated heterocycles. The van der Waals surface area contributed by atoms with Crippen molar-refractivity contribution in [1.82, 2.24) is 0 Å². The van der Waals surface area contributed by atoms with Crippen LogP contribution in [0.2, 0.25) is 0 Å². The Kier molecular flexibility index (Phi) is 2.76. The van der Waals surface area contributed by atoms with E-state index in [1.54, 1.807) is 23.1 Å². The van der Waals surface area contributed by atoms with Crippen molar-refractivity contribution in [2.45, 2.75) is 0 Å². The third kappa shape index (κ3) is 1.80. The molecule has 2 aromatic rings. The van der Waals surface area contributed by atoms with Crippen molar-refractivity contribution < 1.29 is 0 Å². The molecule has 0 saturated carbocycles. The van der Waals surface area contributed by atoms with Gasteiger partial charge in [-0.15, -0.1) is 23.1 Å². The van der Waals surface area contributed by atoms with Crippen LogP contribution in [0.1, 0.15) is 5.56 Å². The van der Waals surface area contributed by atoms with Gasteiger partial charge in [-0.3, -0.25) is 0 Å². The second-order valence-electron chi connectivity index (χ2n) is 3.74. The number of benzene rings is 1. The van der Waals surface area contributed by atoms with E-state index in [4.69, 9.17) is 5.26 Å². The lowest BCUT2D eigenvalue weighted by atomic mass is 10.2. The Morgan fingerprint density at radius 3 is 2.71 bits per heavy atom. The van der Waals surface area contributed by atoms with Crippen LogP contribution in [0.25, 0.3) is 10.5 Å². The molecule has 2 heterocycles. The van der Waals surface area contributed by atoms with Crippen LogP contribution >= 0.6 is 23.1 Å². The van der Waals surface area contributed by atoms with Crippen molar-refractivity contribution in [1.29, 1.82) is 5.26 Å². The molecule has 0 amide bonds. The molecule has 0 N–H and O–H groups in total. The van der Waals surface area contributed by atoms with E-state index >= 15 is 0 Å². The van der Waals surface area contributed by atoms with E-state index in [2.05, 4.69) is 41.8 Å². The summed E-state index contributed by atoms with van der Waals surface area (Å²) in [6.07, 6.45) is 0. The van der Waals surface area contributed by atoms with Crippen molar-refractivity contribution in [2.24, 2.45) is 0 Å². The fraction of sp³-hybridized carbons (Fsp3) is 0.0714. The lowest BCUT2D eigenvalue weighted by Gasteiger charge is -2.10. The highest BCUT2D eigenvalue weighted by atomic mass is 32.2. The normalized spacial score (nSPS) is 14.3. The van der Waals surface area contributed by atoms with Crippen LogP contribution in [0.15, 0.2) is 41.8 Å². The highest BCUT2D eigenvalue weighted by molar-refractivity contribution is 8.08. The maximum Gasteiger partial charge on any atom is 0.0962 e. The fourth-order valence-corrected chi connectivity index (χ4v) is 4.16. The van der Waals surface area contributed by atoms with E-state index in [0.717, 1.165) is 16.5 Å². The number of thioether (sulfide) groups is 1. The van der Waals surface area contributed by atoms with E-state index < -0.39 is 0 Å². The summed E-state index contributed by atoms with van der Waals surface area (Å²) in [6, 6.07) is 14.8. The van der Waals surface area contributed by atoms with Crippen LogP contribution in [-0.4, -0.2) is 5.75 Å². The molecule has 0 fully saturated rings. The SMILES string of the molecule is N#CC1=c2ccsc2=C(c2ccccc2)SC1. The Morgan fingerprint density at radius 2 is 1.94 bits per heavy atom. The molecule has 1 nitrogen and oxygen atoms in total.